The number of thioether (sulfide) groups is 1. The summed E-state index contributed by atoms with van der Waals surface area (Å²) in [6.45, 7) is 0.740. The summed E-state index contributed by atoms with van der Waals surface area (Å²) in [5.74, 6) is 2.23. The van der Waals surface area contributed by atoms with Gasteiger partial charge in [-0.05, 0) is 39.7 Å². The van der Waals surface area contributed by atoms with E-state index < -0.39 is 0 Å². The first-order valence-corrected chi connectivity index (χ1v) is 6.96. The Morgan fingerprint density at radius 1 is 1.53 bits per heavy atom. The van der Waals surface area contributed by atoms with E-state index in [1.54, 1.807) is 6.07 Å². The Balaban J connectivity index is 1.95. The first kappa shape index (κ1) is 11.4. The van der Waals surface area contributed by atoms with Gasteiger partial charge in [0.2, 0.25) is 0 Å². The fourth-order valence-corrected chi connectivity index (χ4v) is 3.23. The molecule has 1 N–H and O–H groups in total. The van der Waals surface area contributed by atoms with Crippen molar-refractivity contribution < 1.29 is 4.39 Å². The third-order valence-electron chi connectivity index (χ3n) is 2.54. The molecule has 1 heterocycles. The van der Waals surface area contributed by atoms with E-state index in [-0.39, 0.29) is 5.82 Å². The van der Waals surface area contributed by atoms with Crippen LogP contribution in [0.25, 0.3) is 0 Å². The first-order chi connectivity index (χ1) is 7.27. The van der Waals surface area contributed by atoms with Gasteiger partial charge in [0.25, 0.3) is 0 Å². The highest BCUT2D eigenvalue weighted by atomic mass is 79.9. The lowest BCUT2D eigenvalue weighted by Gasteiger charge is -2.12. The van der Waals surface area contributed by atoms with E-state index in [0.717, 1.165) is 12.1 Å². The average molecular weight is 290 g/mol. The Kier molecular flexibility index (Phi) is 4.05. The molecule has 0 saturated carbocycles. The molecule has 0 spiro atoms. The fourth-order valence-electron chi connectivity index (χ4n) is 1.63. The van der Waals surface area contributed by atoms with Crippen molar-refractivity contribution >= 4 is 27.7 Å². The van der Waals surface area contributed by atoms with Crippen molar-refractivity contribution in [2.75, 3.05) is 11.5 Å². The fraction of sp³-hybridized carbons (Fsp3) is 0.455. The van der Waals surface area contributed by atoms with E-state index in [9.17, 15) is 4.39 Å². The van der Waals surface area contributed by atoms with Crippen molar-refractivity contribution in [2.45, 2.75) is 19.0 Å². The van der Waals surface area contributed by atoms with Gasteiger partial charge in [0.1, 0.15) is 5.82 Å². The molecule has 0 bridgehead atoms. The highest BCUT2D eigenvalue weighted by molar-refractivity contribution is 9.10. The molecule has 1 atom stereocenters. The molecule has 0 aliphatic carbocycles. The zero-order valence-corrected chi connectivity index (χ0v) is 10.7. The summed E-state index contributed by atoms with van der Waals surface area (Å²) in [5, 5.41) is 3.45. The molecule has 1 aliphatic rings. The minimum absolute atomic E-state index is 0.185. The molecule has 0 radical (unpaired) electrons. The Labute approximate surface area is 102 Å². The SMILES string of the molecule is Fc1cccc(CNC2CCSC2)c1Br. The molecule has 15 heavy (non-hydrogen) atoms. The maximum Gasteiger partial charge on any atom is 0.137 e. The van der Waals surface area contributed by atoms with Crippen molar-refractivity contribution in [3.63, 3.8) is 0 Å². The van der Waals surface area contributed by atoms with Crippen LogP contribution in [-0.2, 0) is 6.54 Å². The van der Waals surface area contributed by atoms with Crippen molar-refractivity contribution in [3.05, 3.63) is 34.1 Å². The maximum atomic E-state index is 13.2. The number of halogens is 2. The molecule has 0 amide bonds. The van der Waals surface area contributed by atoms with Crippen LogP contribution in [0.4, 0.5) is 4.39 Å². The third-order valence-corrected chi connectivity index (χ3v) is 4.59. The van der Waals surface area contributed by atoms with Crippen LogP contribution in [0.15, 0.2) is 22.7 Å². The Morgan fingerprint density at radius 3 is 3.13 bits per heavy atom. The molecule has 1 nitrogen and oxygen atoms in total. The maximum absolute atomic E-state index is 13.2. The topological polar surface area (TPSA) is 12.0 Å². The van der Waals surface area contributed by atoms with Crippen molar-refractivity contribution in [3.8, 4) is 0 Å². The highest BCUT2D eigenvalue weighted by Gasteiger charge is 2.15. The molecule has 1 aliphatic heterocycles. The molecule has 1 unspecified atom stereocenters. The first-order valence-electron chi connectivity index (χ1n) is 5.01. The van der Waals surface area contributed by atoms with Crippen molar-refractivity contribution in [1.29, 1.82) is 0 Å². The summed E-state index contributed by atoms with van der Waals surface area (Å²) in [4.78, 5) is 0. The van der Waals surface area contributed by atoms with Gasteiger partial charge < -0.3 is 5.32 Å². The molecule has 1 saturated heterocycles. The van der Waals surface area contributed by atoms with Crippen LogP contribution >= 0.6 is 27.7 Å². The number of rotatable bonds is 3. The van der Waals surface area contributed by atoms with Crippen molar-refractivity contribution in [2.24, 2.45) is 0 Å². The van der Waals surface area contributed by atoms with Gasteiger partial charge in [-0.25, -0.2) is 4.39 Å². The summed E-state index contributed by atoms with van der Waals surface area (Å²) < 4.78 is 13.8. The number of hydrogen-bond acceptors (Lipinski definition) is 2. The molecule has 1 aromatic carbocycles. The second-order valence-corrected chi connectivity index (χ2v) is 5.60. The smallest absolute Gasteiger partial charge is 0.137 e. The second-order valence-electron chi connectivity index (χ2n) is 3.65. The van der Waals surface area contributed by atoms with E-state index in [0.29, 0.717) is 10.5 Å². The zero-order valence-electron chi connectivity index (χ0n) is 8.30. The summed E-state index contributed by atoms with van der Waals surface area (Å²) in [6.07, 6.45) is 1.22. The van der Waals surface area contributed by atoms with Gasteiger partial charge in [0.05, 0.1) is 4.47 Å². The van der Waals surface area contributed by atoms with Crippen LogP contribution < -0.4 is 5.32 Å². The Morgan fingerprint density at radius 2 is 2.40 bits per heavy atom. The second kappa shape index (κ2) is 5.32. The predicted molar refractivity (Wildman–Crippen MR) is 66.7 cm³/mol. The van der Waals surface area contributed by atoms with Gasteiger partial charge >= 0.3 is 0 Å². The lowest BCUT2D eigenvalue weighted by Crippen LogP contribution is -2.28. The lowest BCUT2D eigenvalue weighted by atomic mass is 10.2. The number of hydrogen-bond donors (Lipinski definition) is 1. The van der Waals surface area contributed by atoms with E-state index in [4.69, 9.17) is 0 Å². The average Bonchev–Trinajstić information content (AvgIpc) is 2.73. The molecule has 4 heteroatoms. The van der Waals surface area contributed by atoms with Gasteiger partial charge in [-0.1, -0.05) is 12.1 Å². The predicted octanol–water partition coefficient (Wildman–Crippen LogP) is 3.18. The molecule has 2 rings (SSSR count). The number of benzene rings is 1. The molecule has 82 valence electrons. The van der Waals surface area contributed by atoms with Crippen molar-refractivity contribution in [1.82, 2.24) is 5.32 Å². The summed E-state index contributed by atoms with van der Waals surface area (Å²) >= 11 is 5.25. The van der Waals surface area contributed by atoms with Crippen LogP contribution in [-0.4, -0.2) is 17.5 Å². The van der Waals surface area contributed by atoms with Crippen LogP contribution in [0.2, 0.25) is 0 Å². The molecule has 1 fully saturated rings. The minimum atomic E-state index is -0.185. The lowest BCUT2D eigenvalue weighted by molar-refractivity contribution is 0.552. The molecule has 1 aromatic rings. The minimum Gasteiger partial charge on any atom is -0.309 e. The molecular weight excluding hydrogens is 277 g/mol. The van der Waals surface area contributed by atoms with Gasteiger partial charge in [-0.3, -0.25) is 0 Å². The normalized spacial score (nSPS) is 20.8. The summed E-state index contributed by atoms with van der Waals surface area (Å²) in [5.41, 5.74) is 0.993. The highest BCUT2D eigenvalue weighted by Crippen LogP contribution is 2.22. The molecule has 0 aromatic heterocycles. The summed E-state index contributed by atoms with van der Waals surface area (Å²) in [6, 6.07) is 5.76. The van der Waals surface area contributed by atoms with E-state index in [2.05, 4.69) is 21.2 Å². The van der Waals surface area contributed by atoms with Gasteiger partial charge in [-0.15, -0.1) is 0 Å². The van der Waals surface area contributed by atoms with E-state index in [1.807, 2.05) is 17.8 Å². The Hall–Kier alpha value is -0.0600. The quantitative estimate of drug-likeness (QED) is 0.917. The van der Waals surface area contributed by atoms with Gasteiger partial charge in [-0.2, -0.15) is 11.8 Å². The Bertz CT molecular complexity index is 339. The number of nitrogens with one attached hydrogen (secondary N) is 1. The summed E-state index contributed by atoms with van der Waals surface area (Å²) in [7, 11) is 0. The van der Waals surface area contributed by atoms with E-state index >= 15 is 0 Å². The van der Waals surface area contributed by atoms with E-state index in [1.165, 1.54) is 24.0 Å². The van der Waals surface area contributed by atoms with Crippen LogP contribution in [0.1, 0.15) is 12.0 Å². The standard InChI is InChI=1S/C11H13BrFNS/c12-11-8(2-1-3-10(11)13)6-14-9-4-5-15-7-9/h1-3,9,14H,4-7H2. The van der Waals surface area contributed by atoms with Crippen LogP contribution in [0, 0.1) is 5.82 Å². The largest absolute Gasteiger partial charge is 0.309 e. The van der Waals surface area contributed by atoms with Crippen LogP contribution in [0.5, 0.6) is 0 Å². The monoisotopic (exact) mass is 289 g/mol. The van der Waals surface area contributed by atoms with Gasteiger partial charge in [0, 0.05) is 18.3 Å². The van der Waals surface area contributed by atoms with Gasteiger partial charge in [0.15, 0.2) is 0 Å². The van der Waals surface area contributed by atoms with Crippen LogP contribution in [0.3, 0.4) is 0 Å². The zero-order chi connectivity index (χ0) is 10.7. The molecular formula is C11H13BrFNS. The third kappa shape index (κ3) is 2.95.